The summed E-state index contributed by atoms with van der Waals surface area (Å²) in [5, 5.41) is 11.3. The third-order valence-electron chi connectivity index (χ3n) is 4.53. The van der Waals surface area contributed by atoms with E-state index < -0.39 is 0 Å². The van der Waals surface area contributed by atoms with Crippen molar-refractivity contribution in [3.63, 3.8) is 0 Å². The Kier molecular flexibility index (Phi) is 3.86. The number of nitrogens with zero attached hydrogens (tertiary/aromatic N) is 4. The van der Waals surface area contributed by atoms with Gasteiger partial charge in [0, 0.05) is 24.5 Å². The van der Waals surface area contributed by atoms with Crippen LogP contribution in [0.4, 0.5) is 0 Å². The Morgan fingerprint density at radius 2 is 2.12 bits per heavy atom. The van der Waals surface area contributed by atoms with Crippen LogP contribution in [0.5, 0.6) is 0 Å². The van der Waals surface area contributed by atoms with Crippen molar-refractivity contribution in [3.05, 3.63) is 60.6 Å². The quantitative estimate of drug-likeness (QED) is 0.803. The normalized spacial score (nSPS) is 17.3. The summed E-state index contributed by atoms with van der Waals surface area (Å²) < 4.78 is 1.89. The molecule has 1 N–H and O–H groups in total. The van der Waals surface area contributed by atoms with Gasteiger partial charge in [0.05, 0.1) is 30.0 Å². The number of nitrogens with one attached hydrogen (secondary N) is 1. The Hall–Kier alpha value is -2.89. The molecule has 0 radical (unpaired) electrons. The molecule has 4 rings (SSSR count). The molecule has 1 fully saturated rings. The number of carbonyl (C=O) groups excluding carboxylic acids is 1. The fourth-order valence-electron chi connectivity index (χ4n) is 3.35. The fourth-order valence-corrected chi connectivity index (χ4v) is 3.35. The van der Waals surface area contributed by atoms with Crippen LogP contribution in [0.3, 0.4) is 0 Å². The summed E-state index contributed by atoms with van der Waals surface area (Å²) in [4.78, 5) is 15.0. The minimum atomic E-state index is 0.0391. The van der Waals surface area contributed by atoms with E-state index in [9.17, 15) is 4.79 Å². The minimum Gasteiger partial charge on any atom is -0.334 e. The first kappa shape index (κ1) is 14.7. The number of benzene rings is 1. The first-order chi connectivity index (χ1) is 11.8. The second-order valence-corrected chi connectivity index (χ2v) is 6.05. The van der Waals surface area contributed by atoms with Gasteiger partial charge in [0.1, 0.15) is 0 Å². The van der Waals surface area contributed by atoms with Crippen molar-refractivity contribution in [1.82, 2.24) is 24.9 Å². The first-order valence-corrected chi connectivity index (χ1v) is 8.20. The van der Waals surface area contributed by atoms with Crippen LogP contribution in [-0.4, -0.2) is 43.4 Å². The van der Waals surface area contributed by atoms with Gasteiger partial charge in [-0.15, -0.1) is 0 Å². The standard InChI is InChI=1S/C18H19N5O/c24-18(16-12-19-21-17(16)14-6-2-1-3-7-14)23-11-4-8-15(23)13-22-10-5-9-20-22/h1-3,5-7,9-10,12,15H,4,8,11,13H2,(H,19,21)/t15-/m1/s1. The van der Waals surface area contributed by atoms with Crippen molar-refractivity contribution >= 4 is 5.91 Å². The number of hydrogen-bond acceptors (Lipinski definition) is 3. The Morgan fingerprint density at radius 1 is 1.25 bits per heavy atom. The predicted octanol–water partition coefficient (Wildman–Crippen LogP) is 2.58. The lowest BCUT2D eigenvalue weighted by atomic mass is 10.1. The van der Waals surface area contributed by atoms with Crippen molar-refractivity contribution < 1.29 is 4.79 Å². The van der Waals surface area contributed by atoms with Crippen molar-refractivity contribution in [1.29, 1.82) is 0 Å². The number of likely N-dealkylation sites (tertiary alicyclic amines) is 1. The van der Waals surface area contributed by atoms with Crippen LogP contribution >= 0.6 is 0 Å². The highest BCUT2D eigenvalue weighted by Crippen LogP contribution is 2.26. The van der Waals surface area contributed by atoms with E-state index in [0.29, 0.717) is 5.56 Å². The van der Waals surface area contributed by atoms with Gasteiger partial charge in [-0.05, 0) is 18.9 Å². The molecule has 1 aliphatic rings. The SMILES string of the molecule is O=C(c1cn[nH]c1-c1ccccc1)N1CCC[C@@H]1Cn1cccn1. The molecule has 6 heteroatoms. The maximum absolute atomic E-state index is 13.1. The van der Waals surface area contributed by atoms with Crippen molar-refractivity contribution in [2.45, 2.75) is 25.4 Å². The van der Waals surface area contributed by atoms with Gasteiger partial charge in [-0.3, -0.25) is 14.6 Å². The summed E-state index contributed by atoms with van der Waals surface area (Å²) >= 11 is 0. The number of rotatable bonds is 4. The number of aromatic nitrogens is 4. The van der Waals surface area contributed by atoms with Gasteiger partial charge in [0.2, 0.25) is 0 Å². The largest absolute Gasteiger partial charge is 0.334 e. The molecule has 3 aromatic rings. The van der Waals surface area contributed by atoms with Crippen molar-refractivity contribution in [2.75, 3.05) is 6.54 Å². The Morgan fingerprint density at radius 3 is 2.92 bits per heavy atom. The molecule has 0 unspecified atom stereocenters. The van der Waals surface area contributed by atoms with Crippen LogP contribution in [0.15, 0.2) is 55.0 Å². The highest BCUT2D eigenvalue weighted by Gasteiger charge is 2.31. The maximum atomic E-state index is 13.1. The van der Waals surface area contributed by atoms with E-state index in [2.05, 4.69) is 15.3 Å². The Labute approximate surface area is 140 Å². The van der Waals surface area contributed by atoms with Crippen LogP contribution in [0.1, 0.15) is 23.2 Å². The van der Waals surface area contributed by atoms with E-state index in [4.69, 9.17) is 0 Å². The predicted molar refractivity (Wildman–Crippen MR) is 90.3 cm³/mol. The highest BCUT2D eigenvalue weighted by atomic mass is 16.2. The van der Waals surface area contributed by atoms with Crippen LogP contribution in [0, 0.1) is 0 Å². The molecule has 1 aliphatic heterocycles. The van der Waals surface area contributed by atoms with Crippen LogP contribution in [0.2, 0.25) is 0 Å². The molecule has 1 amide bonds. The molecular formula is C18H19N5O. The molecule has 0 aliphatic carbocycles. The summed E-state index contributed by atoms with van der Waals surface area (Å²) in [6, 6.07) is 11.9. The van der Waals surface area contributed by atoms with Crippen LogP contribution < -0.4 is 0 Å². The second-order valence-electron chi connectivity index (χ2n) is 6.05. The topological polar surface area (TPSA) is 66.8 Å². The molecule has 0 spiro atoms. The average molecular weight is 321 g/mol. The molecule has 0 saturated carbocycles. The number of amides is 1. The van der Waals surface area contributed by atoms with E-state index in [1.165, 1.54) is 0 Å². The zero-order valence-electron chi connectivity index (χ0n) is 13.3. The Balaban J connectivity index is 1.59. The lowest BCUT2D eigenvalue weighted by Crippen LogP contribution is -2.38. The molecular weight excluding hydrogens is 302 g/mol. The van der Waals surface area contributed by atoms with Gasteiger partial charge in [0.15, 0.2) is 0 Å². The van der Waals surface area contributed by atoms with E-state index in [0.717, 1.165) is 37.2 Å². The van der Waals surface area contributed by atoms with E-state index in [1.807, 2.05) is 52.2 Å². The van der Waals surface area contributed by atoms with E-state index in [-0.39, 0.29) is 11.9 Å². The molecule has 1 saturated heterocycles. The number of H-pyrrole nitrogens is 1. The van der Waals surface area contributed by atoms with Gasteiger partial charge >= 0.3 is 0 Å². The average Bonchev–Trinajstić information content (AvgIpc) is 3.37. The van der Waals surface area contributed by atoms with E-state index >= 15 is 0 Å². The molecule has 1 atom stereocenters. The summed E-state index contributed by atoms with van der Waals surface area (Å²) in [5.74, 6) is 0.0391. The maximum Gasteiger partial charge on any atom is 0.258 e. The minimum absolute atomic E-state index is 0.0391. The molecule has 122 valence electrons. The summed E-state index contributed by atoms with van der Waals surface area (Å²) in [6.07, 6.45) is 7.37. The smallest absolute Gasteiger partial charge is 0.258 e. The highest BCUT2D eigenvalue weighted by molar-refractivity contribution is 6.00. The summed E-state index contributed by atoms with van der Waals surface area (Å²) in [6.45, 7) is 1.52. The summed E-state index contributed by atoms with van der Waals surface area (Å²) in [5.41, 5.74) is 2.39. The Bertz CT molecular complexity index is 809. The monoisotopic (exact) mass is 321 g/mol. The molecule has 6 nitrogen and oxygen atoms in total. The lowest BCUT2D eigenvalue weighted by molar-refractivity contribution is 0.0722. The van der Waals surface area contributed by atoms with Gasteiger partial charge in [-0.2, -0.15) is 10.2 Å². The van der Waals surface area contributed by atoms with Gasteiger partial charge in [-0.25, -0.2) is 0 Å². The third-order valence-corrected chi connectivity index (χ3v) is 4.53. The van der Waals surface area contributed by atoms with Gasteiger partial charge in [0.25, 0.3) is 5.91 Å². The van der Waals surface area contributed by atoms with Crippen molar-refractivity contribution in [2.24, 2.45) is 0 Å². The number of aromatic amines is 1. The van der Waals surface area contributed by atoms with Crippen LogP contribution in [-0.2, 0) is 6.54 Å². The fraction of sp³-hybridized carbons (Fsp3) is 0.278. The number of carbonyl (C=O) groups is 1. The molecule has 3 heterocycles. The van der Waals surface area contributed by atoms with Gasteiger partial charge in [-0.1, -0.05) is 30.3 Å². The molecule has 0 bridgehead atoms. The van der Waals surface area contributed by atoms with E-state index in [1.54, 1.807) is 12.4 Å². The second kappa shape index (κ2) is 6.31. The van der Waals surface area contributed by atoms with Crippen molar-refractivity contribution in [3.8, 4) is 11.3 Å². The molecule has 24 heavy (non-hydrogen) atoms. The molecule has 1 aromatic carbocycles. The zero-order valence-corrected chi connectivity index (χ0v) is 13.3. The van der Waals surface area contributed by atoms with Crippen LogP contribution in [0.25, 0.3) is 11.3 Å². The summed E-state index contributed by atoms with van der Waals surface area (Å²) in [7, 11) is 0. The van der Waals surface area contributed by atoms with Gasteiger partial charge < -0.3 is 4.90 Å². The zero-order chi connectivity index (χ0) is 16.4. The first-order valence-electron chi connectivity index (χ1n) is 8.20. The third kappa shape index (κ3) is 2.71. The number of hydrogen-bond donors (Lipinski definition) is 1. The lowest BCUT2D eigenvalue weighted by Gasteiger charge is -2.24. The molecule has 2 aromatic heterocycles.